The van der Waals surface area contributed by atoms with Crippen molar-refractivity contribution in [2.75, 3.05) is 0 Å². The molecule has 2 aromatic rings. The van der Waals surface area contributed by atoms with Crippen LogP contribution in [0.3, 0.4) is 0 Å². The van der Waals surface area contributed by atoms with Gasteiger partial charge in [-0.15, -0.1) is 11.3 Å². The number of carbonyl (C=O) groups excluding carboxylic acids is 1. The molecule has 0 unspecified atom stereocenters. The predicted octanol–water partition coefficient (Wildman–Crippen LogP) is 3.60. The average Bonchev–Trinajstić information content (AvgIpc) is 2.77. The van der Waals surface area contributed by atoms with Crippen LogP contribution in [-0.4, -0.2) is 22.0 Å². The van der Waals surface area contributed by atoms with Crippen LogP contribution in [0.4, 0.5) is 0 Å². The lowest BCUT2D eigenvalue weighted by molar-refractivity contribution is 0.0701. The first-order valence-corrected chi connectivity index (χ1v) is 8.21. The zero-order chi connectivity index (χ0) is 15.6. The molecule has 0 saturated carbocycles. The SMILES string of the molecule is Cc1nc(CNC(=O)c2ccc(Br)cc2Br)sc1C(=O)O. The highest BCUT2D eigenvalue weighted by Crippen LogP contribution is 2.22. The summed E-state index contributed by atoms with van der Waals surface area (Å²) in [6.45, 7) is 1.83. The molecule has 1 aromatic carbocycles. The number of carbonyl (C=O) groups is 2. The van der Waals surface area contributed by atoms with Crippen molar-refractivity contribution in [3.8, 4) is 0 Å². The minimum absolute atomic E-state index is 0.195. The Morgan fingerprint density at radius 1 is 1.38 bits per heavy atom. The van der Waals surface area contributed by atoms with E-state index in [0.717, 1.165) is 15.8 Å². The molecule has 0 aliphatic heterocycles. The third-order valence-corrected chi connectivity index (χ3v) is 4.91. The molecular weight excluding hydrogens is 424 g/mol. The molecule has 110 valence electrons. The second-order valence-corrected chi connectivity index (χ2v) is 6.99. The predicted molar refractivity (Wildman–Crippen MR) is 86.8 cm³/mol. The number of hydrogen-bond acceptors (Lipinski definition) is 4. The quantitative estimate of drug-likeness (QED) is 0.771. The molecule has 1 heterocycles. The minimum atomic E-state index is -1.00. The molecule has 2 rings (SSSR count). The molecule has 5 nitrogen and oxygen atoms in total. The highest BCUT2D eigenvalue weighted by Gasteiger charge is 2.15. The summed E-state index contributed by atoms with van der Waals surface area (Å²) in [5, 5.41) is 12.3. The maximum atomic E-state index is 12.1. The van der Waals surface area contributed by atoms with Crippen LogP contribution in [0.15, 0.2) is 27.1 Å². The standard InChI is InChI=1S/C13H10Br2N2O3S/c1-6-11(13(19)20)21-10(17-6)5-16-12(18)8-3-2-7(14)4-9(8)15/h2-4H,5H2,1H3,(H,16,18)(H,19,20). The van der Waals surface area contributed by atoms with E-state index in [9.17, 15) is 9.59 Å². The van der Waals surface area contributed by atoms with Crippen LogP contribution in [0.25, 0.3) is 0 Å². The number of amides is 1. The van der Waals surface area contributed by atoms with Crippen LogP contribution in [0.5, 0.6) is 0 Å². The van der Waals surface area contributed by atoms with Gasteiger partial charge in [-0.1, -0.05) is 15.9 Å². The Labute approximate surface area is 141 Å². The number of nitrogens with one attached hydrogen (secondary N) is 1. The van der Waals surface area contributed by atoms with Crippen LogP contribution < -0.4 is 5.32 Å². The molecule has 0 radical (unpaired) electrons. The van der Waals surface area contributed by atoms with Gasteiger partial charge in [0, 0.05) is 8.95 Å². The van der Waals surface area contributed by atoms with Gasteiger partial charge in [-0.05, 0) is 41.1 Å². The Balaban J connectivity index is 2.07. The van der Waals surface area contributed by atoms with E-state index < -0.39 is 5.97 Å². The van der Waals surface area contributed by atoms with Crippen LogP contribution in [0, 0.1) is 6.92 Å². The molecular formula is C13H10Br2N2O3S. The van der Waals surface area contributed by atoms with Crippen molar-refractivity contribution in [1.29, 1.82) is 0 Å². The summed E-state index contributed by atoms with van der Waals surface area (Å²) in [5.41, 5.74) is 0.964. The van der Waals surface area contributed by atoms with E-state index in [-0.39, 0.29) is 17.3 Å². The Hall–Kier alpha value is -1.25. The number of aromatic nitrogens is 1. The van der Waals surface area contributed by atoms with Gasteiger partial charge < -0.3 is 10.4 Å². The van der Waals surface area contributed by atoms with Gasteiger partial charge in [0.2, 0.25) is 0 Å². The molecule has 0 aliphatic carbocycles. The number of rotatable bonds is 4. The molecule has 21 heavy (non-hydrogen) atoms. The maximum absolute atomic E-state index is 12.1. The monoisotopic (exact) mass is 432 g/mol. The number of halogens is 2. The van der Waals surface area contributed by atoms with Crippen molar-refractivity contribution in [2.45, 2.75) is 13.5 Å². The van der Waals surface area contributed by atoms with E-state index >= 15 is 0 Å². The smallest absolute Gasteiger partial charge is 0.347 e. The van der Waals surface area contributed by atoms with E-state index in [4.69, 9.17) is 5.11 Å². The molecule has 2 N–H and O–H groups in total. The lowest BCUT2D eigenvalue weighted by atomic mass is 10.2. The first kappa shape index (κ1) is 16.1. The Bertz CT molecular complexity index is 715. The van der Waals surface area contributed by atoms with Gasteiger partial charge in [0.25, 0.3) is 5.91 Å². The zero-order valence-corrected chi connectivity index (χ0v) is 14.8. The normalized spacial score (nSPS) is 10.4. The summed E-state index contributed by atoms with van der Waals surface area (Å²) in [7, 11) is 0. The largest absolute Gasteiger partial charge is 0.477 e. The first-order chi connectivity index (χ1) is 9.88. The molecule has 0 saturated heterocycles. The van der Waals surface area contributed by atoms with Crippen LogP contribution in [0.2, 0.25) is 0 Å². The first-order valence-electron chi connectivity index (χ1n) is 5.81. The summed E-state index contributed by atoms with van der Waals surface area (Å²) < 4.78 is 1.54. The summed E-state index contributed by atoms with van der Waals surface area (Å²) in [5.74, 6) is -1.25. The van der Waals surface area contributed by atoms with Gasteiger partial charge >= 0.3 is 5.97 Å². The molecule has 0 bridgehead atoms. The van der Waals surface area contributed by atoms with Crippen molar-refractivity contribution >= 4 is 55.1 Å². The fraction of sp³-hybridized carbons (Fsp3) is 0.154. The molecule has 8 heteroatoms. The summed E-state index contributed by atoms with van der Waals surface area (Å²) in [6.07, 6.45) is 0. The van der Waals surface area contributed by atoms with Crippen LogP contribution in [0.1, 0.15) is 30.7 Å². The molecule has 0 aliphatic rings. The third-order valence-electron chi connectivity index (χ3n) is 2.61. The summed E-state index contributed by atoms with van der Waals surface area (Å²) in [4.78, 5) is 27.4. The number of aryl methyl sites for hydroxylation is 1. The van der Waals surface area contributed by atoms with Crippen molar-refractivity contribution < 1.29 is 14.7 Å². The second-order valence-electron chi connectivity index (χ2n) is 4.13. The number of aromatic carboxylic acids is 1. The highest BCUT2D eigenvalue weighted by atomic mass is 79.9. The maximum Gasteiger partial charge on any atom is 0.347 e. The van der Waals surface area contributed by atoms with E-state index in [2.05, 4.69) is 42.2 Å². The lowest BCUT2D eigenvalue weighted by Crippen LogP contribution is -2.23. The molecule has 0 fully saturated rings. The summed E-state index contributed by atoms with van der Waals surface area (Å²) in [6, 6.07) is 5.25. The Morgan fingerprint density at radius 2 is 2.10 bits per heavy atom. The van der Waals surface area contributed by atoms with Gasteiger partial charge in [-0.3, -0.25) is 4.79 Å². The van der Waals surface area contributed by atoms with Crippen molar-refractivity contribution in [3.05, 3.63) is 48.3 Å². The van der Waals surface area contributed by atoms with E-state index in [1.165, 1.54) is 0 Å². The van der Waals surface area contributed by atoms with Crippen molar-refractivity contribution in [1.82, 2.24) is 10.3 Å². The Morgan fingerprint density at radius 3 is 2.67 bits per heavy atom. The number of nitrogens with zero attached hydrogens (tertiary/aromatic N) is 1. The highest BCUT2D eigenvalue weighted by molar-refractivity contribution is 9.11. The van der Waals surface area contributed by atoms with Gasteiger partial charge in [0.05, 0.1) is 17.8 Å². The molecule has 0 atom stereocenters. The van der Waals surface area contributed by atoms with Crippen LogP contribution in [-0.2, 0) is 6.54 Å². The fourth-order valence-electron chi connectivity index (χ4n) is 1.65. The van der Waals surface area contributed by atoms with Crippen molar-refractivity contribution in [3.63, 3.8) is 0 Å². The number of hydrogen-bond donors (Lipinski definition) is 2. The molecule has 1 aromatic heterocycles. The third kappa shape index (κ3) is 3.90. The topological polar surface area (TPSA) is 79.3 Å². The van der Waals surface area contributed by atoms with Gasteiger partial charge in [0.15, 0.2) is 0 Å². The number of benzene rings is 1. The Kier molecular flexibility index (Phi) is 5.13. The van der Waals surface area contributed by atoms with Crippen molar-refractivity contribution in [2.24, 2.45) is 0 Å². The van der Waals surface area contributed by atoms with Gasteiger partial charge in [-0.25, -0.2) is 9.78 Å². The van der Waals surface area contributed by atoms with E-state index in [1.807, 2.05) is 0 Å². The second kappa shape index (κ2) is 6.67. The van der Waals surface area contributed by atoms with Gasteiger partial charge in [0.1, 0.15) is 9.88 Å². The minimum Gasteiger partial charge on any atom is -0.477 e. The average molecular weight is 434 g/mol. The lowest BCUT2D eigenvalue weighted by Gasteiger charge is -2.05. The zero-order valence-electron chi connectivity index (χ0n) is 10.8. The number of thiazole rings is 1. The number of carboxylic acid groups (broad SMARTS) is 1. The fourth-order valence-corrected chi connectivity index (χ4v) is 3.72. The summed E-state index contributed by atoms with van der Waals surface area (Å²) >= 11 is 7.71. The van der Waals surface area contributed by atoms with Crippen LogP contribution >= 0.6 is 43.2 Å². The van der Waals surface area contributed by atoms with E-state index in [1.54, 1.807) is 25.1 Å². The molecule has 1 amide bonds. The molecule has 0 spiro atoms. The number of carboxylic acids is 1. The van der Waals surface area contributed by atoms with E-state index in [0.29, 0.717) is 20.7 Å². The van der Waals surface area contributed by atoms with Gasteiger partial charge in [-0.2, -0.15) is 0 Å².